The van der Waals surface area contributed by atoms with E-state index in [-0.39, 0.29) is 0 Å². The lowest BCUT2D eigenvalue weighted by molar-refractivity contribution is 0.0600. The highest BCUT2D eigenvalue weighted by atomic mass is 79.9. The van der Waals surface area contributed by atoms with E-state index in [2.05, 4.69) is 20.7 Å². The number of carbonyl (C=O) groups is 1. The second-order valence-electron chi connectivity index (χ2n) is 2.77. The highest BCUT2D eigenvalue weighted by Crippen LogP contribution is 2.22. The summed E-state index contributed by atoms with van der Waals surface area (Å²) >= 11 is 3.23. The van der Waals surface area contributed by atoms with E-state index < -0.39 is 5.97 Å². The molecule has 14 heavy (non-hydrogen) atoms. The first-order valence-corrected chi connectivity index (χ1v) is 4.68. The molecule has 0 saturated carbocycles. The number of carbonyl (C=O) groups excluding carboxylic acids is 1. The zero-order chi connectivity index (χ0) is 10.7. The van der Waals surface area contributed by atoms with Crippen molar-refractivity contribution in [3.05, 3.63) is 33.3 Å². The average molecular weight is 254 g/mol. The summed E-state index contributed by atoms with van der Waals surface area (Å²) in [7, 11) is 1.29. The van der Waals surface area contributed by atoms with Crippen molar-refractivity contribution in [1.82, 2.24) is 0 Å². The molecule has 4 heteroatoms. The van der Waals surface area contributed by atoms with Gasteiger partial charge in [0.1, 0.15) is 6.07 Å². The van der Waals surface area contributed by atoms with E-state index in [0.717, 1.165) is 5.56 Å². The fraction of sp³-hybridized carbons (Fsp3) is 0.200. The van der Waals surface area contributed by atoms with Gasteiger partial charge in [0, 0.05) is 4.47 Å². The molecule has 0 aromatic heterocycles. The van der Waals surface area contributed by atoms with Crippen LogP contribution in [-0.2, 0) is 4.74 Å². The van der Waals surface area contributed by atoms with Gasteiger partial charge in [0.25, 0.3) is 0 Å². The molecule has 0 saturated heterocycles. The van der Waals surface area contributed by atoms with Crippen LogP contribution in [0.25, 0.3) is 0 Å². The monoisotopic (exact) mass is 253 g/mol. The van der Waals surface area contributed by atoms with Gasteiger partial charge in [0.15, 0.2) is 0 Å². The van der Waals surface area contributed by atoms with Gasteiger partial charge in [0.2, 0.25) is 0 Å². The molecule has 0 spiro atoms. The average Bonchev–Trinajstić information content (AvgIpc) is 2.15. The molecule has 0 aliphatic heterocycles. The zero-order valence-electron chi connectivity index (χ0n) is 7.80. The molecule has 1 aromatic carbocycles. The summed E-state index contributed by atoms with van der Waals surface area (Å²) in [6.45, 7) is 1.85. The summed E-state index contributed by atoms with van der Waals surface area (Å²) in [4.78, 5) is 11.3. The Morgan fingerprint density at radius 1 is 1.57 bits per heavy atom. The van der Waals surface area contributed by atoms with Crippen molar-refractivity contribution in [3.8, 4) is 6.07 Å². The largest absolute Gasteiger partial charge is 0.465 e. The van der Waals surface area contributed by atoms with Crippen LogP contribution in [0, 0.1) is 18.3 Å². The number of methoxy groups -OCH3 is 1. The Bertz CT molecular complexity index is 421. The third-order valence-corrected chi connectivity index (χ3v) is 2.38. The van der Waals surface area contributed by atoms with E-state index in [9.17, 15) is 4.79 Å². The normalized spacial score (nSPS) is 9.29. The molecule has 1 aromatic rings. The summed E-state index contributed by atoms with van der Waals surface area (Å²) < 4.78 is 5.19. The zero-order valence-corrected chi connectivity index (χ0v) is 9.38. The molecule has 0 aliphatic rings. The Morgan fingerprint density at radius 3 is 2.71 bits per heavy atom. The van der Waals surface area contributed by atoms with Crippen molar-refractivity contribution < 1.29 is 9.53 Å². The Morgan fingerprint density at radius 2 is 2.21 bits per heavy atom. The predicted octanol–water partition coefficient (Wildman–Crippen LogP) is 2.42. The molecule has 1 rings (SSSR count). The smallest absolute Gasteiger partial charge is 0.339 e. The van der Waals surface area contributed by atoms with Crippen molar-refractivity contribution in [2.45, 2.75) is 6.92 Å². The number of hydrogen-bond acceptors (Lipinski definition) is 3. The number of rotatable bonds is 1. The Kier molecular flexibility index (Phi) is 3.26. The van der Waals surface area contributed by atoms with Gasteiger partial charge in [0.05, 0.1) is 18.2 Å². The van der Waals surface area contributed by atoms with Crippen LogP contribution < -0.4 is 0 Å². The minimum atomic E-state index is -0.494. The van der Waals surface area contributed by atoms with E-state index in [1.165, 1.54) is 7.11 Å². The SMILES string of the molecule is COC(=O)c1cc(C)cc(Br)c1C#N. The number of nitrogens with zero attached hydrogens (tertiary/aromatic N) is 1. The van der Waals surface area contributed by atoms with Gasteiger partial charge in [-0.2, -0.15) is 5.26 Å². The highest BCUT2D eigenvalue weighted by molar-refractivity contribution is 9.10. The highest BCUT2D eigenvalue weighted by Gasteiger charge is 2.14. The van der Waals surface area contributed by atoms with Crippen molar-refractivity contribution in [3.63, 3.8) is 0 Å². The number of esters is 1. The molecule has 0 unspecified atom stereocenters. The minimum Gasteiger partial charge on any atom is -0.465 e. The molecule has 0 fully saturated rings. The van der Waals surface area contributed by atoms with Gasteiger partial charge in [-0.15, -0.1) is 0 Å². The van der Waals surface area contributed by atoms with E-state index in [1.807, 2.05) is 13.0 Å². The van der Waals surface area contributed by atoms with Crippen molar-refractivity contribution in [2.75, 3.05) is 7.11 Å². The Hall–Kier alpha value is -1.34. The molecule has 72 valence electrons. The number of halogens is 1. The van der Waals surface area contributed by atoms with Crippen LogP contribution in [0.5, 0.6) is 0 Å². The second kappa shape index (κ2) is 4.25. The second-order valence-corrected chi connectivity index (χ2v) is 3.63. The molecule has 0 N–H and O–H groups in total. The number of aryl methyl sites for hydroxylation is 1. The summed E-state index contributed by atoms with van der Waals surface area (Å²) in [5.41, 5.74) is 1.50. The van der Waals surface area contributed by atoms with Crippen LogP contribution >= 0.6 is 15.9 Å². The van der Waals surface area contributed by atoms with Crippen molar-refractivity contribution in [1.29, 1.82) is 5.26 Å². The number of nitriles is 1. The van der Waals surface area contributed by atoms with Crippen LogP contribution in [0.4, 0.5) is 0 Å². The molecule has 3 nitrogen and oxygen atoms in total. The molecule has 0 bridgehead atoms. The molecule has 0 atom stereocenters. The topological polar surface area (TPSA) is 50.1 Å². The van der Waals surface area contributed by atoms with Gasteiger partial charge in [-0.3, -0.25) is 0 Å². The lowest BCUT2D eigenvalue weighted by atomic mass is 10.1. The van der Waals surface area contributed by atoms with Crippen LogP contribution in [0.1, 0.15) is 21.5 Å². The molecule has 0 aliphatic carbocycles. The van der Waals surface area contributed by atoms with Crippen LogP contribution in [0.15, 0.2) is 16.6 Å². The van der Waals surface area contributed by atoms with Gasteiger partial charge in [-0.25, -0.2) is 4.79 Å². The standard InChI is InChI=1S/C10H8BrNO2/c1-6-3-7(10(13)14-2)8(5-12)9(11)4-6/h3-4H,1-2H3. The molecule has 0 radical (unpaired) electrons. The van der Waals surface area contributed by atoms with Crippen LogP contribution in [0.3, 0.4) is 0 Å². The van der Waals surface area contributed by atoms with Gasteiger partial charge >= 0.3 is 5.97 Å². The fourth-order valence-corrected chi connectivity index (χ4v) is 1.79. The first-order chi connectivity index (χ1) is 6.60. The van der Waals surface area contributed by atoms with E-state index >= 15 is 0 Å². The Balaban J connectivity index is 3.41. The summed E-state index contributed by atoms with van der Waals surface area (Å²) in [5, 5.41) is 8.85. The number of hydrogen-bond donors (Lipinski definition) is 0. The first kappa shape index (κ1) is 10.7. The third-order valence-electron chi connectivity index (χ3n) is 1.75. The lowest BCUT2D eigenvalue weighted by Crippen LogP contribution is -2.05. The lowest BCUT2D eigenvalue weighted by Gasteiger charge is -2.05. The van der Waals surface area contributed by atoms with Crippen LogP contribution in [0.2, 0.25) is 0 Å². The third kappa shape index (κ3) is 1.94. The molecule has 0 heterocycles. The van der Waals surface area contributed by atoms with Crippen molar-refractivity contribution in [2.24, 2.45) is 0 Å². The fourth-order valence-electron chi connectivity index (χ4n) is 1.13. The minimum absolute atomic E-state index is 0.293. The van der Waals surface area contributed by atoms with E-state index in [1.54, 1.807) is 12.1 Å². The number of benzene rings is 1. The maximum absolute atomic E-state index is 11.3. The maximum Gasteiger partial charge on any atom is 0.339 e. The summed E-state index contributed by atoms with van der Waals surface area (Å²) in [5.74, 6) is -0.494. The van der Waals surface area contributed by atoms with Crippen molar-refractivity contribution >= 4 is 21.9 Å². The van der Waals surface area contributed by atoms with E-state index in [0.29, 0.717) is 15.6 Å². The summed E-state index contributed by atoms with van der Waals surface area (Å²) in [6, 6.07) is 5.38. The maximum atomic E-state index is 11.3. The molecular weight excluding hydrogens is 246 g/mol. The van der Waals surface area contributed by atoms with Gasteiger partial charge in [-0.05, 0) is 40.5 Å². The van der Waals surface area contributed by atoms with Crippen LogP contribution in [-0.4, -0.2) is 13.1 Å². The first-order valence-electron chi connectivity index (χ1n) is 3.88. The quantitative estimate of drug-likeness (QED) is 0.723. The summed E-state index contributed by atoms with van der Waals surface area (Å²) in [6.07, 6.45) is 0. The Labute approximate surface area is 90.4 Å². The molecular formula is C10H8BrNO2. The van der Waals surface area contributed by atoms with Gasteiger partial charge in [-0.1, -0.05) is 0 Å². The van der Waals surface area contributed by atoms with E-state index in [4.69, 9.17) is 5.26 Å². The predicted molar refractivity (Wildman–Crippen MR) is 54.9 cm³/mol. The molecule has 0 amide bonds. The number of ether oxygens (including phenoxy) is 1. The van der Waals surface area contributed by atoms with Gasteiger partial charge < -0.3 is 4.74 Å².